The van der Waals surface area contributed by atoms with Crippen LogP contribution in [0.4, 0.5) is 26.3 Å². The number of halogens is 6. The molecule has 4 nitrogen and oxygen atoms in total. The Morgan fingerprint density at radius 1 is 1.00 bits per heavy atom. The van der Waals surface area contributed by atoms with E-state index in [1.807, 2.05) is 13.0 Å². The zero-order valence-electron chi connectivity index (χ0n) is 19.9. The highest BCUT2D eigenvalue weighted by Gasteiger charge is 2.69. The van der Waals surface area contributed by atoms with Crippen LogP contribution in [0.3, 0.4) is 0 Å². The van der Waals surface area contributed by atoms with E-state index in [1.165, 1.54) is 5.32 Å². The van der Waals surface area contributed by atoms with Crippen molar-refractivity contribution in [3.8, 4) is 0 Å². The number of aliphatic carboxylic acids is 1. The molecule has 0 unspecified atom stereocenters. The van der Waals surface area contributed by atoms with E-state index in [9.17, 15) is 41.0 Å². The molecule has 2 fully saturated rings. The van der Waals surface area contributed by atoms with Crippen LogP contribution in [0.25, 0.3) is 0 Å². The number of hydrogen-bond acceptors (Lipinski definition) is 2. The van der Waals surface area contributed by atoms with Gasteiger partial charge in [0.1, 0.15) is 0 Å². The molecule has 196 valence electrons. The SMILES string of the molecule is CC(NC(=O)[C@H]1CC[C@H]2[C@@H]3CC=C4C=C(C(=O)O)CC[C@]4(C)[C@H]3CC[C@]12C)(C(F)(F)F)C(F)(F)F. The predicted molar refractivity (Wildman–Crippen MR) is 115 cm³/mol. The fourth-order valence-electron chi connectivity index (χ4n) is 7.56. The van der Waals surface area contributed by atoms with Gasteiger partial charge in [-0.2, -0.15) is 26.3 Å². The van der Waals surface area contributed by atoms with Gasteiger partial charge in [-0.25, -0.2) is 4.79 Å². The number of carboxylic acids is 1. The van der Waals surface area contributed by atoms with Crippen LogP contribution in [-0.4, -0.2) is 34.9 Å². The van der Waals surface area contributed by atoms with Crippen molar-refractivity contribution >= 4 is 11.9 Å². The van der Waals surface area contributed by atoms with Gasteiger partial charge in [0, 0.05) is 11.5 Å². The molecular weight excluding hydrogens is 476 g/mol. The van der Waals surface area contributed by atoms with E-state index < -0.39 is 41.1 Å². The number of carboxylic acid groups (broad SMARTS) is 1. The molecule has 4 aliphatic rings. The lowest BCUT2D eigenvalue weighted by molar-refractivity contribution is -0.300. The summed E-state index contributed by atoms with van der Waals surface area (Å²) in [5.41, 5.74) is -3.85. The molecule has 35 heavy (non-hydrogen) atoms. The summed E-state index contributed by atoms with van der Waals surface area (Å²) in [5, 5.41) is 10.7. The fourth-order valence-corrected chi connectivity index (χ4v) is 7.56. The lowest BCUT2D eigenvalue weighted by Crippen LogP contribution is -2.67. The molecule has 2 saturated carbocycles. The van der Waals surface area contributed by atoms with E-state index in [0.29, 0.717) is 44.1 Å². The summed E-state index contributed by atoms with van der Waals surface area (Å²) in [5.74, 6) is -2.67. The Hall–Kier alpha value is -2.00. The first-order valence-corrected chi connectivity index (χ1v) is 12.1. The van der Waals surface area contributed by atoms with E-state index in [4.69, 9.17) is 0 Å². The second-order valence-electron chi connectivity index (χ2n) is 11.4. The van der Waals surface area contributed by atoms with Gasteiger partial charge in [0.05, 0.1) is 0 Å². The van der Waals surface area contributed by atoms with Gasteiger partial charge < -0.3 is 10.4 Å². The number of hydrogen-bond donors (Lipinski definition) is 2. The average Bonchev–Trinajstić information content (AvgIpc) is 3.08. The van der Waals surface area contributed by atoms with Gasteiger partial charge in [0.25, 0.3) is 0 Å². The third-order valence-electron chi connectivity index (χ3n) is 9.87. The highest BCUT2D eigenvalue weighted by atomic mass is 19.4. The lowest BCUT2D eigenvalue weighted by atomic mass is 9.48. The van der Waals surface area contributed by atoms with Crippen LogP contribution in [0.2, 0.25) is 0 Å². The van der Waals surface area contributed by atoms with Gasteiger partial charge in [-0.3, -0.25) is 4.79 Å². The highest BCUT2D eigenvalue weighted by Crippen LogP contribution is 2.66. The molecule has 0 aliphatic heterocycles. The Labute approximate surface area is 200 Å². The molecular formula is C25H31F6NO3. The molecule has 0 bridgehead atoms. The molecule has 0 radical (unpaired) electrons. The Morgan fingerprint density at radius 2 is 1.63 bits per heavy atom. The van der Waals surface area contributed by atoms with Crippen LogP contribution < -0.4 is 5.32 Å². The molecule has 1 amide bonds. The Morgan fingerprint density at radius 3 is 2.20 bits per heavy atom. The minimum Gasteiger partial charge on any atom is -0.478 e. The third-order valence-corrected chi connectivity index (χ3v) is 9.87. The molecule has 4 aliphatic carbocycles. The maximum Gasteiger partial charge on any atom is 0.420 e. The molecule has 0 aromatic heterocycles. The largest absolute Gasteiger partial charge is 0.478 e. The smallest absolute Gasteiger partial charge is 0.420 e. The topological polar surface area (TPSA) is 66.4 Å². The second-order valence-corrected chi connectivity index (χ2v) is 11.4. The Balaban J connectivity index is 1.59. The number of allylic oxidation sites excluding steroid dienone is 3. The number of carbonyl (C=O) groups excluding carboxylic acids is 1. The molecule has 0 spiro atoms. The number of alkyl halides is 6. The molecule has 0 aromatic carbocycles. The number of amides is 1. The number of carbonyl (C=O) groups is 2. The lowest BCUT2D eigenvalue weighted by Gasteiger charge is -2.57. The van der Waals surface area contributed by atoms with Crippen LogP contribution in [0.1, 0.15) is 65.7 Å². The van der Waals surface area contributed by atoms with Gasteiger partial charge >= 0.3 is 18.3 Å². The first-order valence-electron chi connectivity index (χ1n) is 12.1. The summed E-state index contributed by atoms with van der Waals surface area (Å²) in [6.45, 7) is 3.95. The quantitative estimate of drug-likeness (QED) is 0.448. The van der Waals surface area contributed by atoms with Crippen LogP contribution in [-0.2, 0) is 9.59 Å². The molecule has 0 aromatic rings. The summed E-state index contributed by atoms with van der Waals surface area (Å²) >= 11 is 0. The highest BCUT2D eigenvalue weighted by molar-refractivity contribution is 5.87. The van der Waals surface area contributed by atoms with E-state index in [-0.39, 0.29) is 36.5 Å². The zero-order valence-corrected chi connectivity index (χ0v) is 19.9. The van der Waals surface area contributed by atoms with Crippen molar-refractivity contribution in [1.29, 1.82) is 0 Å². The first-order chi connectivity index (χ1) is 16.0. The van der Waals surface area contributed by atoms with Gasteiger partial charge in [0.15, 0.2) is 0 Å². The summed E-state index contributed by atoms with van der Waals surface area (Å²) < 4.78 is 80.4. The van der Waals surface area contributed by atoms with E-state index in [2.05, 4.69) is 6.92 Å². The van der Waals surface area contributed by atoms with Crippen LogP contribution >= 0.6 is 0 Å². The summed E-state index contributed by atoms with van der Waals surface area (Å²) in [6.07, 6.45) is -3.71. The van der Waals surface area contributed by atoms with Crippen molar-refractivity contribution in [3.05, 3.63) is 23.3 Å². The molecule has 2 N–H and O–H groups in total. The van der Waals surface area contributed by atoms with Crippen LogP contribution in [0, 0.1) is 34.5 Å². The Bertz CT molecular complexity index is 969. The molecule has 4 rings (SSSR count). The van der Waals surface area contributed by atoms with Crippen LogP contribution in [0.5, 0.6) is 0 Å². The second kappa shape index (κ2) is 8.00. The summed E-state index contributed by atoms with van der Waals surface area (Å²) in [7, 11) is 0. The van der Waals surface area contributed by atoms with Crippen molar-refractivity contribution < 1.29 is 41.0 Å². The van der Waals surface area contributed by atoms with Gasteiger partial charge in [-0.1, -0.05) is 19.9 Å². The predicted octanol–water partition coefficient (Wildman–Crippen LogP) is 6.19. The van der Waals surface area contributed by atoms with Gasteiger partial charge in [0.2, 0.25) is 11.4 Å². The van der Waals surface area contributed by atoms with Crippen LogP contribution in [0.15, 0.2) is 23.3 Å². The standard InChI is InChI=1S/C25H31F6NO3/c1-21-10-8-13(20(34)35)12-14(21)4-5-15-16-6-7-18(22(16,2)11-9-17(15)21)19(33)32-23(3,24(26,27)28)25(29,30)31/h4,12,15-18H,5-11H2,1-3H3,(H,32,33)(H,34,35)/t15-,16-,17-,18+,21-,22-/m0/s1. The normalized spacial score (nSPS) is 37.4. The molecule has 0 heterocycles. The maximum atomic E-state index is 13.4. The average molecular weight is 508 g/mol. The number of rotatable bonds is 3. The zero-order chi connectivity index (χ0) is 26.2. The molecule has 10 heteroatoms. The van der Waals surface area contributed by atoms with E-state index in [0.717, 1.165) is 5.57 Å². The third kappa shape index (κ3) is 3.80. The van der Waals surface area contributed by atoms with Crippen molar-refractivity contribution in [2.45, 2.75) is 83.6 Å². The summed E-state index contributed by atoms with van der Waals surface area (Å²) in [6, 6.07) is 0. The van der Waals surface area contributed by atoms with Crippen molar-refractivity contribution in [1.82, 2.24) is 5.32 Å². The minimum absolute atomic E-state index is 0.000458. The maximum absolute atomic E-state index is 13.4. The van der Waals surface area contributed by atoms with E-state index in [1.54, 1.807) is 6.08 Å². The van der Waals surface area contributed by atoms with E-state index >= 15 is 0 Å². The minimum atomic E-state index is -5.68. The Kier molecular flexibility index (Phi) is 5.96. The van der Waals surface area contributed by atoms with Crippen molar-refractivity contribution in [2.24, 2.45) is 34.5 Å². The van der Waals surface area contributed by atoms with Gasteiger partial charge in [-0.05, 0) is 92.1 Å². The fraction of sp³-hybridized carbons (Fsp3) is 0.760. The molecule has 0 saturated heterocycles. The first kappa shape index (κ1) is 26.1. The number of fused-ring (bicyclic) bond motifs is 5. The number of nitrogens with one attached hydrogen (secondary N) is 1. The monoisotopic (exact) mass is 507 g/mol. The van der Waals surface area contributed by atoms with Gasteiger partial charge in [-0.15, -0.1) is 0 Å². The van der Waals surface area contributed by atoms with Crippen molar-refractivity contribution in [3.63, 3.8) is 0 Å². The molecule has 6 atom stereocenters. The van der Waals surface area contributed by atoms with Crippen molar-refractivity contribution in [2.75, 3.05) is 0 Å². The summed E-state index contributed by atoms with van der Waals surface area (Å²) in [4.78, 5) is 24.4.